The highest BCUT2D eigenvalue weighted by Crippen LogP contribution is 2.46. The lowest BCUT2D eigenvalue weighted by molar-refractivity contribution is 0.443. The zero-order chi connectivity index (χ0) is 10.3. The van der Waals surface area contributed by atoms with Crippen molar-refractivity contribution in [3.05, 3.63) is 28.8 Å². The predicted octanol–water partition coefficient (Wildman–Crippen LogP) is 4.04. The minimum Gasteiger partial charge on any atom is -0.379 e. The summed E-state index contributed by atoms with van der Waals surface area (Å²) >= 11 is 6.21. The third-order valence-corrected chi connectivity index (χ3v) is 3.93. The molecule has 0 saturated heterocycles. The molecule has 1 aromatic rings. The van der Waals surface area contributed by atoms with Crippen molar-refractivity contribution in [1.29, 1.82) is 0 Å². The van der Waals surface area contributed by atoms with Crippen LogP contribution in [-0.2, 0) is 0 Å². The fourth-order valence-corrected chi connectivity index (χ4v) is 2.55. The minimum atomic E-state index is 0.160. The topological polar surface area (TPSA) is 12.0 Å². The van der Waals surface area contributed by atoms with Gasteiger partial charge in [0.2, 0.25) is 0 Å². The van der Waals surface area contributed by atoms with Crippen LogP contribution in [0.5, 0.6) is 0 Å². The number of fused-ring (bicyclic) bond motifs is 1. The molecule has 1 N–H and O–H groups in total. The molecule has 76 valence electrons. The van der Waals surface area contributed by atoms with Crippen molar-refractivity contribution < 1.29 is 0 Å². The van der Waals surface area contributed by atoms with Crippen molar-refractivity contribution >= 4 is 17.3 Å². The Bertz CT molecular complexity index is 361. The molecule has 1 nitrogen and oxygen atoms in total. The second kappa shape index (κ2) is 3.16. The van der Waals surface area contributed by atoms with E-state index in [-0.39, 0.29) is 5.54 Å². The summed E-state index contributed by atoms with van der Waals surface area (Å²) in [6, 6.07) is 6.08. The Morgan fingerprint density at radius 2 is 2.21 bits per heavy atom. The molecule has 0 amide bonds. The molecule has 2 atom stereocenters. The van der Waals surface area contributed by atoms with E-state index in [0.717, 1.165) is 11.4 Å². The zero-order valence-corrected chi connectivity index (χ0v) is 9.65. The Hall–Kier alpha value is -0.690. The molecular weight excluding hydrogens is 194 g/mol. The predicted molar refractivity (Wildman–Crippen MR) is 62.2 cm³/mol. The van der Waals surface area contributed by atoms with Gasteiger partial charge >= 0.3 is 0 Å². The highest BCUT2D eigenvalue weighted by Gasteiger charge is 2.38. The number of anilines is 1. The second-order valence-electron chi connectivity index (χ2n) is 4.32. The summed E-state index contributed by atoms with van der Waals surface area (Å²) in [5, 5.41) is 4.46. The van der Waals surface area contributed by atoms with Gasteiger partial charge in [0, 0.05) is 22.2 Å². The van der Waals surface area contributed by atoms with Gasteiger partial charge in [-0.15, -0.1) is 0 Å². The van der Waals surface area contributed by atoms with Crippen LogP contribution in [0.15, 0.2) is 18.2 Å². The van der Waals surface area contributed by atoms with Crippen LogP contribution < -0.4 is 5.32 Å². The molecule has 1 aliphatic heterocycles. The summed E-state index contributed by atoms with van der Waals surface area (Å²) in [6.45, 7) is 6.71. The van der Waals surface area contributed by atoms with Gasteiger partial charge in [-0.2, -0.15) is 0 Å². The SMILES string of the molecule is CCC1(C)Nc2cccc(Cl)c2C1C. The summed E-state index contributed by atoms with van der Waals surface area (Å²) in [7, 11) is 0. The van der Waals surface area contributed by atoms with E-state index >= 15 is 0 Å². The van der Waals surface area contributed by atoms with Gasteiger partial charge in [-0.25, -0.2) is 0 Å². The Morgan fingerprint density at radius 1 is 1.50 bits per heavy atom. The lowest BCUT2D eigenvalue weighted by Gasteiger charge is -2.28. The molecule has 0 spiro atoms. The Morgan fingerprint density at radius 3 is 2.79 bits per heavy atom. The normalized spacial score (nSPS) is 29.9. The quantitative estimate of drug-likeness (QED) is 0.736. The number of rotatable bonds is 1. The fourth-order valence-electron chi connectivity index (χ4n) is 2.22. The van der Waals surface area contributed by atoms with E-state index < -0.39 is 0 Å². The van der Waals surface area contributed by atoms with Crippen LogP contribution in [0.1, 0.15) is 38.7 Å². The van der Waals surface area contributed by atoms with Crippen molar-refractivity contribution in [1.82, 2.24) is 0 Å². The number of hydrogen-bond acceptors (Lipinski definition) is 1. The van der Waals surface area contributed by atoms with Crippen LogP contribution in [0, 0.1) is 0 Å². The van der Waals surface area contributed by atoms with Gasteiger partial charge < -0.3 is 5.32 Å². The summed E-state index contributed by atoms with van der Waals surface area (Å²) in [4.78, 5) is 0. The molecule has 0 saturated carbocycles. The first-order chi connectivity index (χ1) is 6.58. The molecule has 2 unspecified atom stereocenters. The van der Waals surface area contributed by atoms with E-state index in [2.05, 4.69) is 32.2 Å². The van der Waals surface area contributed by atoms with E-state index in [9.17, 15) is 0 Å². The van der Waals surface area contributed by atoms with Crippen molar-refractivity contribution in [2.75, 3.05) is 5.32 Å². The van der Waals surface area contributed by atoms with Gasteiger partial charge in [-0.1, -0.05) is 31.5 Å². The summed E-state index contributed by atoms with van der Waals surface area (Å²) in [5.74, 6) is 0.483. The number of nitrogens with one attached hydrogen (secondary N) is 1. The maximum absolute atomic E-state index is 6.21. The molecule has 0 radical (unpaired) electrons. The van der Waals surface area contributed by atoms with Gasteiger partial charge in [-0.3, -0.25) is 0 Å². The van der Waals surface area contributed by atoms with E-state index in [1.54, 1.807) is 0 Å². The maximum Gasteiger partial charge on any atom is 0.0462 e. The third kappa shape index (κ3) is 1.23. The number of hydrogen-bond donors (Lipinski definition) is 1. The molecule has 0 aliphatic carbocycles. The van der Waals surface area contributed by atoms with Gasteiger partial charge in [0.15, 0.2) is 0 Å². The van der Waals surface area contributed by atoms with Crippen molar-refractivity contribution in [2.45, 2.75) is 38.6 Å². The maximum atomic E-state index is 6.21. The molecule has 14 heavy (non-hydrogen) atoms. The van der Waals surface area contributed by atoms with Gasteiger partial charge in [0.05, 0.1) is 0 Å². The Kier molecular flexibility index (Phi) is 2.23. The van der Waals surface area contributed by atoms with E-state index in [1.807, 2.05) is 12.1 Å². The van der Waals surface area contributed by atoms with Crippen LogP contribution in [0.4, 0.5) is 5.69 Å². The smallest absolute Gasteiger partial charge is 0.0462 e. The summed E-state index contributed by atoms with van der Waals surface area (Å²) in [5.41, 5.74) is 2.64. The molecule has 1 heterocycles. The van der Waals surface area contributed by atoms with Crippen LogP contribution >= 0.6 is 11.6 Å². The number of benzene rings is 1. The lowest BCUT2D eigenvalue weighted by atomic mass is 9.84. The van der Waals surface area contributed by atoms with Crippen LogP contribution in [0.25, 0.3) is 0 Å². The average Bonchev–Trinajstić information content (AvgIpc) is 2.42. The second-order valence-corrected chi connectivity index (χ2v) is 4.73. The van der Waals surface area contributed by atoms with Crippen LogP contribution in [0.3, 0.4) is 0 Å². The first-order valence-electron chi connectivity index (χ1n) is 5.15. The Balaban J connectivity index is 2.51. The van der Waals surface area contributed by atoms with Crippen molar-refractivity contribution in [3.63, 3.8) is 0 Å². The van der Waals surface area contributed by atoms with Crippen LogP contribution in [-0.4, -0.2) is 5.54 Å². The molecular formula is C12H16ClN. The number of halogens is 1. The monoisotopic (exact) mass is 209 g/mol. The van der Waals surface area contributed by atoms with E-state index in [0.29, 0.717) is 5.92 Å². The minimum absolute atomic E-state index is 0.160. The zero-order valence-electron chi connectivity index (χ0n) is 8.89. The van der Waals surface area contributed by atoms with Crippen molar-refractivity contribution in [3.8, 4) is 0 Å². The standard InChI is InChI=1S/C12H16ClN/c1-4-12(3)8(2)11-9(13)6-5-7-10(11)14-12/h5-8,14H,4H2,1-3H3. The molecule has 0 fully saturated rings. The summed E-state index contributed by atoms with van der Waals surface area (Å²) in [6.07, 6.45) is 1.11. The highest BCUT2D eigenvalue weighted by molar-refractivity contribution is 6.32. The molecule has 0 bridgehead atoms. The summed E-state index contributed by atoms with van der Waals surface area (Å²) < 4.78 is 0. The first-order valence-corrected chi connectivity index (χ1v) is 5.53. The third-order valence-electron chi connectivity index (χ3n) is 3.60. The molecule has 2 rings (SSSR count). The van der Waals surface area contributed by atoms with Crippen molar-refractivity contribution in [2.24, 2.45) is 0 Å². The van der Waals surface area contributed by atoms with Crippen LogP contribution in [0.2, 0.25) is 5.02 Å². The van der Waals surface area contributed by atoms with Gasteiger partial charge in [0.25, 0.3) is 0 Å². The highest BCUT2D eigenvalue weighted by atomic mass is 35.5. The van der Waals surface area contributed by atoms with Gasteiger partial charge in [-0.05, 0) is 31.0 Å². The lowest BCUT2D eigenvalue weighted by Crippen LogP contribution is -2.33. The van der Waals surface area contributed by atoms with E-state index in [1.165, 1.54) is 11.3 Å². The molecule has 2 heteroatoms. The van der Waals surface area contributed by atoms with Gasteiger partial charge in [0.1, 0.15) is 0 Å². The Labute approximate surface area is 90.5 Å². The molecule has 1 aliphatic rings. The van der Waals surface area contributed by atoms with E-state index in [4.69, 9.17) is 11.6 Å². The fraction of sp³-hybridized carbons (Fsp3) is 0.500. The molecule has 0 aromatic heterocycles. The molecule has 1 aromatic carbocycles. The largest absolute Gasteiger partial charge is 0.379 e. The average molecular weight is 210 g/mol. The first kappa shape index (κ1) is 9.85.